The van der Waals surface area contributed by atoms with E-state index in [1.807, 2.05) is 0 Å². The molecule has 0 aromatic heterocycles. The monoisotopic (exact) mass is 286 g/mol. The van der Waals surface area contributed by atoms with Gasteiger partial charge in [0.2, 0.25) is 0 Å². The van der Waals surface area contributed by atoms with Crippen LogP contribution in [0.2, 0.25) is 0 Å². The molecule has 0 aromatic rings. The van der Waals surface area contributed by atoms with Crippen LogP contribution in [0, 0.1) is 0 Å². The minimum Gasteiger partial charge on any atom is -0.396 e. The van der Waals surface area contributed by atoms with Crippen LogP contribution in [0.5, 0.6) is 0 Å². The van der Waals surface area contributed by atoms with Crippen molar-refractivity contribution in [1.29, 1.82) is 0 Å². The molecule has 1 unspecified atom stereocenters. The zero-order valence-corrected chi connectivity index (χ0v) is 13.8. The van der Waals surface area contributed by atoms with Gasteiger partial charge in [-0.05, 0) is 19.3 Å². The molecule has 0 radical (unpaired) electrons. The molecule has 0 spiro atoms. The van der Waals surface area contributed by atoms with Crippen molar-refractivity contribution in [3.05, 3.63) is 0 Å². The summed E-state index contributed by atoms with van der Waals surface area (Å²) in [6, 6.07) is 0. The number of hydrogen-bond donors (Lipinski definition) is 2. The Morgan fingerprint density at radius 3 is 1.40 bits per heavy atom. The number of aliphatic hydroxyl groups excluding tert-OH is 2. The number of unbranched alkanes of at least 4 members (excludes halogenated alkanes) is 11. The van der Waals surface area contributed by atoms with Crippen LogP contribution in [0.25, 0.3) is 0 Å². The molecule has 0 bridgehead atoms. The van der Waals surface area contributed by atoms with Gasteiger partial charge in [0.1, 0.15) is 0 Å². The van der Waals surface area contributed by atoms with Crippen molar-refractivity contribution in [2.24, 2.45) is 0 Å². The molecule has 0 fully saturated rings. The van der Waals surface area contributed by atoms with Gasteiger partial charge in [-0.3, -0.25) is 0 Å². The maximum atomic E-state index is 9.61. The Morgan fingerprint density at radius 2 is 1.00 bits per heavy atom. The van der Waals surface area contributed by atoms with E-state index in [-0.39, 0.29) is 6.10 Å². The predicted octanol–water partition coefficient (Wildman–Crippen LogP) is 5.21. The first-order valence-corrected chi connectivity index (χ1v) is 9.10. The van der Waals surface area contributed by atoms with E-state index in [4.69, 9.17) is 5.11 Å². The highest BCUT2D eigenvalue weighted by Crippen LogP contribution is 2.13. The maximum absolute atomic E-state index is 9.61. The summed E-state index contributed by atoms with van der Waals surface area (Å²) in [5.41, 5.74) is 0. The lowest BCUT2D eigenvalue weighted by atomic mass is 10.0. The summed E-state index contributed by atoms with van der Waals surface area (Å²) in [5.74, 6) is 0. The largest absolute Gasteiger partial charge is 0.396 e. The lowest BCUT2D eigenvalue weighted by Gasteiger charge is -2.08. The first kappa shape index (κ1) is 19.9. The van der Waals surface area contributed by atoms with Crippen LogP contribution >= 0.6 is 0 Å². The summed E-state index contributed by atoms with van der Waals surface area (Å²) in [4.78, 5) is 0. The predicted molar refractivity (Wildman–Crippen MR) is 88.0 cm³/mol. The second kappa shape index (κ2) is 17.0. The van der Waals surface area contributed by atoms with E-state index in [1.165, 1.54) is 70.6 Å². The Hall–Kier alpha value is -0.0800. The lowest BCUT2D eigenvalue weighted by Crippen LogP contribution is -2.04. The van der Waals surface area contributed by atoms with E-state index in [0.29, 0.717) is 6.61 Å². The van der Waals surface area contributed by atoms with Gasteiger partial charge in [-0.1, -0.05) is 84.0 Å². The van der Waals surface area contributed by atoms with E-state index < -0.39 is 0 Å². The second-order valence-electron chi connectivity index (χ2n) is 6.20. The number of hydrogen-bond acceptors (Lipinski definition) is 2. The molecular formula is C18H38O2. The molecule has 0 aliphatic heterocycles. The Labute approximate surface area is 127 Å². The Balaban J connectivity index is 2.99. The van der Waals surface area contributed by atoms with Crippen molar-refractivity contribution >= 4 is 0 Å². The molecule has 0 rings (SSSR count). The topological polar surface area (TPSA) is 40.5 Å². The van der Waals surface area contributed by atoms with Gasteiger partial charge in [0, 0.05) is 6.61 Å². The first-order chi connectivity index (χ1) is 9.81. The highest BCUT2D eigenvalue weighted by molar-refractivity contribution is 4.55. The second-order valence-corrected chi connectivity index (χ2v) is 6.20. The summed E-state index contributed by atoms with van der Waals surface area (Å²) >= 11 is 0. The summed E-state index contributed by atoms with van der Waals surface area (Å²) in [6.07, 6.45) is 18.6. The fourth-order valence-electron chi connectivity index (χ4n) is 2.74. The van der Waals surface area contributed by atoms with Crippen LogP contribution in [-0.4, -0.2) is 22.9 Å². The van der Waals surface area contributed by atoms with Crippen LogP contribution in [0.15, 0.2) is 0 Å². The highest BCUT2D eigenvalue weighted by Gasteiger charge is 2.01. The molecular weight excluding hydrogens is 248 g/mol. The Kier molecular flexibility index (Phi) is 16.9. The summed E-state index contributed by atoms with van der Waals surface area (Å²) in [5, 5.41) is 18.3. The summed E-state index contributed by atoms with van der Waals surface area (Å²) in [6.45, 7) is 2.49. The summed E-state index contributed by atoms with van der Waals surface area (Å²) in [7, 11) is 0. The van der Waals surface area contributed by atoms with E-state index in [1.54, 1.807) is 0 Å². The zero-order chi connectivity index (χ0) is 14.9. The van der Waals surface area contributed by atoms with Gasteiger partial charge in [-0.15, -0.1) is 0 Å². The van der Waals surface area contributed by atoms with Gasteiger partial charge < -0.3 is 10.2 Å². The first-order valence-electron chi connectivity index (χ1n) is 9.10. The van der Waals surface area contributed by atoms with Crippen LogP contribution in [0.1, 0.15) is 103 Å². The van der Waals surface area contributed by atoms with Gasteiger partial charge in [0.05, 0.1) is 6.10 Å². The average molecular weight is 286 g/mol. The number of rotatable bonds is 16. The van der Waals surface area contributed by atoms with Crippen molar-refractivity contribution in [1.82, 2.24) is 0 Å². The molecule has 0 heterocycles. The smallest absolute Gasteiger partial charge is 0.0540 e. The molecule has 2 heteroatoms. The molecule has 2 N–H and O–H groups in total. The zero-order valence-electron chi connectivity index (χ0n) is 13.8. The number of aliphatic hydroxyl groups is 2. The molecule has 0 saturated heterocycles. The van der Waals surface area contributed by atoms with E-state index in [9.17, 15) is 5.11 Å². The molecule has 0 aliphatic carbocycles. The fourth-order valence-corrected chi connectivity index (χ4v) is 2.74. The third-order valence-corrected chi connectivity index (χ3v) is 4.07. The third-order valence-electron chi connectivity index (χ3n) is 4.07. The Bertz CT molecular complexity index is 171. The van der Waals surface area contributed by atoms with Crippen LogP contribution in [0.3, 0.4) is 0 Å². The van der Waals surface area contributed by atoms with Gasteiger partial charge in [-0.25, -0.2) is 0 Å². The van der Waals surface area contributed by atoms with Crippen molar-refractivity contribution in [3.8, 4) is 0 Å². The molecule has 0 saturated carbocycles. The fraction of sp³-hybridized carbons (Fsp3) is 1.00. The molecule has 0 aliphatic rings. The normalized spacial score (nSPS) is 12.8. The van der Waals surface area contributed by atoms with E-state index in [0.717, 1.165) is 25.7 Å². The van der Waals surface area contributed by atoms with Crippen LogP contribution in [-0.2, 0) is 0 Å². The SMILES string of the molecule is CCCC(O)CCCCCCCCCCCCCCO. The minimum atomic E-state index is -0.0502. The molecule has 0 amide bonds. The molecule has 20 heavy (non-hydrogen) atoms. The molecule has 1 atom stereocenters. The van der Waals surface area contributed by atoms with Crippen molar-refractivity contribution < 1.29 is 10.2 Å². The van der Waals surface area contributed by atoms with E-state index in [2.05, 4.69) is 6.92 Å². The van der Waals surface area contributed by atoms with Crippen molar-refractivity contribution in [2.75, 3.05) is 6.61 Å². The van der Waals surface area contributed by atoms with Crippen molar-refractivity contribution in [3.63, 3.8) is 0 Å². The molecule has 122 valence electrons. The average Bonchev–Trinajstić information content (AvgIpc) is 2.44. The lowest BCUT2D eigenvalue weighted by molar-refractivity contribution is 0.150. The third kappa shape index (κ3) is 16.0. The van der Waals surface area contributed by atoms with Gasteiger partial charge in [-0.2, -0.15) is 0 Å². The molecule has 0 aromatic carbocycles. The summed E-state index contributed by atoms with van der Waals surface area (Å²) < 4.78 is 0. The quantitative estimate of drug-likeness (QED) is 0.382. The molecule has 2 nitrogen and oxygen atoms in total. The van der Waals surface area contributed by atoms with Crippen LogP contribution < -0.4 is 0 Å². The minimum absolute atomic E-state index is 0.0502. The standard InChI is InChI=1S/C18H38O2/c1-2-15-18(20)16-13-11-9-7-5-3-4-6-8-10-12-14-17-19/h18-20H,2-17H2,1H3. The van der Waals surface area contributed by atoms with Crippen LogP contribution in [0.4, 0.5) is 0 Å². The van der Waals surface area contributed by atoms with Crippen molar-refractivity contribution in [2.45, 2.75) is 109 Å². The maximum Gasteiger partial charge on any atom is 0.0540 e. The van der Waals surface area contributed by atoms with Gasteiger partial charge >= 0.3 is 0 Å². The Morgan fingerprint density at radius 1 is 0.600 bits per heavy atom. The highest BCUT2D eigenvalue weighted by atomic mass is 16.3. The van der Waals surface area contributed by atoms with Gasteiger partial charge in [0.15, 0.2) is 0 Å². The van der Waals surface area contributed by atoms with Gasteiger partial charge in [0.25, 0.3) is 0 Å². The van der Waals surface area contributed by atoms with E-state index >= 15 is 0 Å².